The van der Waals surface area contributed by atoms with Gasteiger partial charge in [0.15, 0.2) is 0 Å². The smallest absolute Gasteiger partial charge is 0.123 e. The maximum absolute atomic E-state index is 12.9. The molecule has 2 rings (SSSR count). The van der Waals surface area contributed by atoms with Crippen molar-refractivity contribution >= 4 is 0 Å². The van der Waals surface area contributed by atoms with E-state index in [2.05, 4.69) is 15.5 Å². The lowest BCUT2D eigenvalue weighted by atomic mass is 10.1. The molecule has 1 aromatic carbocycles. The molecule has 0 aliphatic rings. The van der Waals surface area contributed by atoms with Gasteiger partial charge in [0.1, 0.15) is 5.82 Å². The Morgan fingerprint density at radius 1 is 1.32 bits per heavy atom. The number of H-pyrrole nitrogens is 1. The first-order valence-electron chi connectivity index (χ1n) is 6.17. The van der Waals surface area contributed by atoms with Crippen LogP contribution in [0.2, 0.25) is 0 Å². The summed E-state index contributed by atoms with van der Waals surface area (Å²) in [6.07, 6.45) is 1.73. The minimum absolute atomic E-state index is 0.259. The van der Waals surface area contributed by atoms with E-state index in [9.17, 15) is 9.50 Å². The van der Waals surface area contributed by atoms with E-state index in [1.54, 1.807) is 32.2 Å². The molecule has 4 nitrogen and oxygen atoms in total. The first-order chi connectivity index (χ1) is 8.96. The van der Waals surface area contributed by atoms with Crippen molar-refractivity contribution in [1.29, 1.82) is 0 Å². The first kappa shape index (κ1) is 13.7. The number of hydrogen-bond acceptors (Lipinski definition) is 3. The summed E-state index contributed by atoms with van der Waals surface area (Å²) < 4.78 is 12.9. The van der Waals surface area contributed by atoms with Crippen LogP contribution in [0.3, 0.4) is 0 Å². The van der Waals surface area contributed by atoms with Gasteiger partial charge < -0.3 is 10.4 Å². The molecule has 5 heteroatoms. The molecule has 0 atom stereocenters. The normalized spacial score (nSPS) is 11.8. The number of hydrogen-bond donors (Lipinski definition) is 3. The van der Waals surface area contributed by atoms with Gasteiger partial charge in [-0.3, -0.25) is 5.10 Å². The van der Waals surface area contributed by atoms with Crippen molar-refractivity contribution in [3.05, 3.63) is 41.8 Å². The van der Waals surface area contributed by atoms with Crippen LogP contribution in [0.15, 0.2) is 30.5 Å². The van der Waals surface area contributed by atoms with Gasteiger partial charge in [0, 0.05) is 24.2 Å². The molecule has 0 radical (unpaired) electrons. The molecule has 0 spiro atoms. The second-order valence-electron chi connectivity index (χ2n) is 5.19. The molecule has 0 amide bonds. The fraction of sp³-hybridized carbons (Fsp3) is 0.357. The van der Waals surface area contributed by atoms with E-state index < -0.39 is 5.60 Å². The summed E-state index contributed by atoms with van der Waals surface area (Å²) >= 11 is 0. The molecule has 2 aromatic rings. The van der Waals surface area contributed by atoms with Crippen LogP contribution in [0.25, 0.3) is 11.3 Å². The number of aromatic nitrogens is 2. The van der Waals surface area contributed by atoms with E-state index in [1.807, 2.05) is 0 Å². The van der Waals surface area contributed by atoms with Crippen molar-refractivity contribution in [2.24, 2.45) is 0 Å². The van der Waals surface area contributed by atoms with Crippen molar-refractivity contribution in [2.75, 3.05) is 6.54 Å². The van der Waals surface area contributed by atoms with Crippen LogP contribution in [-0.4, -0.2) is 27.4 Å². The van der Waals surface area contributed by atoms with Crippen LogP contribution in [-0.2, 0) is 6.54 Å². The molecule has 19 heavy (non-hydrogen) atoms. The van der Waals surface area contributed by atoms with Gasteiger partial charge in [0.2, 0.25) is 0 Å². The average molecular weight is 263 g/mol. The Hall–Kier alpha value is -1.72. The Morgan fingerprint density at radius 2 is 2.00 bits per heavy atom. The monoisotopic (exact) mass is 263 g/mol. The summed E-state index contributed by atoms with van der Waals surface area (Å²) in [5.41, 5.74) is 1.98. The summed E-state index contributed by atoms with van der Waals surface area (Å²) in [6.45, 7) is 4.57. The number of benzene rings is 1. The second-order valence-corrected chi connectivity index (χ2v) is 5.19. The molecule has 0 aliphatic heterocycles. The molecule has 0 unspecified atom stereocenters. The summed E-state index contributed by atoms with van der Waals surface area (Å²) in [5.74, 6) is -0.259. The maximum Gasteiger partial charge on any atom is 0.123 e. The predicted molar refractivity (Wildman–Crippen MR) is 72.0 cm³/mol. The zero-order valence-electron chi connectivity index (χ0n) is 11.1. The Morgan fingerprint density at radius 3 is 2.63 bits per heavy atom. The maximum atomic E-state index is 12.9. The van der Waals surface area contributed by atoms with E-state index in [-0.39, 0.29) is 5.82 Å². The highest BCUT2D eigenvalue weighted by molar-refractivity contribution is 5.62. The fourth-order valence-corrected chi connectivity index (χ4v) is 1.81. The molecule has 0 bridgehead atoms. The Kier molecular flexibility index (Phi) is 3.97. The van der Waals surface area contributed by atoms with Gasteiger partial charge in [-0.25, -0.2) is 4.39 Å². The second kappa shape index (κ2) is 5.50. The summed E-state index contributed by atoms with van der Waals surface area (Å²) in [7, 11) is 0. The van der Waals surface area contributed by atoms with Gasteiger partial charge >= 0.3 is 0 Å². The Bertz CT molecular complexity index is 528. The molecule has 3 N–H and O–H groups in total. The third-order valence-corrected chi connectivity index (χ3v) is 2.72. The Labute approximate surface area is 111 Å². The third-order valence-electron chi connectivity index (χ3n) is 2.72. The summed E-state index contributed by atoms with van der Waals surface area (Å²) in [4.78, 5) is 0. The largest absolute Gasteiger partial charge is 0.389 e. The highest BCUT2D eigenvalue weighted by Gasteiger charge is 2.13. The molecule has 102 valence electrons. The number of rotatable bonds is 5. The first-order valence-corrected chi connectivity index (χ1v) is 6.17. The zero-order chi connectivity index (χ0) is 13.9. The molecule has 1 aromatic heterocycles. The highest BCUT2D eigenvalue weighted by atomic mass is 19.1. The topological polar surface area (TPSA) is 60.9 Å². The van der Waals surface area contributed by atoms with Crippen LogP contribution in [0.1, 0.15) is 19.4 Å². The standard InChI is InChI=1S/C14H18FN3O/c1-14(2,19)9-16-7-11-8-17-18-13(11)10-3-5-12(15)6-4-10/h3-6,8,16,19H,7,9H2,1-2H3,(H,17,18). The molecule has 0 saturated heterocycles. The lowest BCUT2D eigenvalue weighted by molar-refractivity contribution is 0.0795. The van der Waals surface area contributed by atoms with E-state index in [4.69, 9.17) is 0 Å². The number of nitrogens with zero attached hydrogens (tertiary/aromatic N) is 1. The van der Waals surface area contributed by atoms with Crippen LogP contribution in [0, 0.1) is 5.82 Å². The number of aromatic amines is 1. The molecular weight excluding hydrogens is 245 g/mol. The molecule has 0 saturated carbocycles. The minimum atomic E-state index is -0.750. The van der Waals surface area contributed by atoms with Crippen LogP contribution >= 0.6 is 0 Å². The van der Waals surface area contributed by atoms with E-state index in [1.165, 1.54) is 12.1 Å². The SMILES string of the molecule is CC(C)(O)CNCc1cn[nH]c1-c1ccc(F)cc1. The third kappa shape index (κ3) is 3.87. The van der Waals surface area contributed by atoms with Gasteiger partial charge in [-0.2, -0.15) is 5.10 Å². The molecule has 0 fully saturated rings. The van der Waals surface area contributed by atoms with Crippen LogP contribution < -0.4 is 5.32 Å². The zero-order valence-corrected chi connectivity index (χ0v) is 11.1. The molecular formula is C14H18FN3O. The van der Waals surface area contributed by atoms with E-state index in [0.717, 1.165) is 16.8 Å². The molecule has 1 heterocycles. The minimum Gasteiger partial charge on any atom is -0.389 e. The number of aliphatic hydroxyl groups is 1. The van der Waals surface area contributed by atoms with Gasteiger partial charge in [0.25, 0.3) is 0 Å². The van der Waals surface area contributed by atoms with Gasteiger partial charge in [-0.05, 0) is 38.1 Å². The summed E-state index contributed by atoms with van der Waals surface area (Å²) in [6, 6.07) is 6.26. The van der Waals surface area contributed by atoms with Crippen LogP contribution in [0.5, 0.6) is 0 Å². The lowest BCUT2D eigenvalue weighted by Crippen LogP contribution is -2.34. The van der Waals surface area contributed by atoms with Crippen molar-refractivity contribution in [2.45, 2.75) is 26.0 Å². The Balaban J connectivity index is 2.07. The summed E-state index contributed by atoms with van der Waals surface area (Å²) in [5, 5.41) is 19.7. The van der Waals surface area contributed by atoms with Crippen molar-refractivity contribution in [3.8, 4) is 11.3 Å². The van der Waals surface area contributed by atoms with E-state index >= 15 is 0 Å². The number of halogens is 1. The van der Waals surface area contributed by atoms with Gasteiger partial charge in [-0.15, -0.1) is 0 Å². The van der Waals surface area contributed by atoms with Gasteiger partial charge in [0.05, 0.1) is 17.5 Å². The average Bonchev–Trinajstić information content (AvgIpc) is 2.77. The van der Waals surface area contributed by atoms with Gasteiger partial charge in [-0.1, -0.05) is 0 Å². The predicted octanol–water partition coefficient (Wildman–Crippen LogP) is 2.08. The highest BCUT2D eigenvalue weighted by Crippen LogP contribution is 2.21. The van der Waals surface area contributed by atoms with E-state index in [0.29, 0.717) is 13.1 Å². The van der Waals surface area contributed by atoms with Crippen molar-refractivity contribution < 1.29 is 9.50 Å². The molecule has 0 aliphatic carbocycles. The van der Waals surface area contributed by atoms with Crippen molar-refractivity contribution in [1.82, 2.24) is 15.5 Å². The van der Waals surface area contributed by atoms with Crippen LogP contribution in [0.4, 0.5) is 4.39 Å². The number of nitrogens with one attached hydrogen (secondary N) is 2. The lowest BCUT2D eigenvalue weighted by Gasteiger charge is -2.17. The quantitative estimate of drug-likeness (QED) is 0.774. The van der Waals surface area contributed by atoms with Crippen molar-refractivity contribution in [3.63, 3.8) is 0 Å². The fourth-order valence-electron chi connectivity index (χ4n) is 1.81.